The van der Waals surface area contributed by atoms with Crippen LogP contribution >= 0.6 is 11.3 Å². The van der Waals surface area contributed by atoms with Gasteiger partial charge in [-0.3, -0.25) is 0 Å². The third-order valence-corrected chi connectivity index (χ3v) is 3.56. The summed E-state index contributed by atoms with van der Waals surface area (Å²) >= 11 is 1.80. The molecule has 0 bridgehead atoms. The fourth-order valence-electron chi connectivity index (χ4n) is 1.41. The zero-order chi connectivity index (χ0) is 11.8. The summed E-state index contributed by atoms with van der Waals surface area (Å²) in [5.74, 6) is 0.734. The molecule has 0 aliphatic heterocycles. The minimum atomic E-state index is 0.439. The van der Waals surface area contributed by atoms with Gasteiger partial charge in [-0.15, -0.1) is 11.3 Å². The summed E-state index contributed by atoms with van der Waals surface area (Å²) in [6.45, 7) is 9.26. The lowest BCUT2D eigenvalue weighted by molar-refractivity contribution is 0.124. The molecule has 1 N–H and O–H groups in total. The number of thiophene rings is 1. The van der Waals surface area contributed by atoms with Crippen LogP contribution in [-0.2, 0) is 4.74 Å². The Labute approximate surface area is 103 Å². The molecule has 92 valence electrons. The molecule has 0 spiro atoms. The van der Waals surface area contributed by atoms with E-state index in [0.717, 1.165) is 32.1 Å². The maximum absolute atomic E-state index is 5.55. The Balaban J connectivity index is 1.99. The van der Waals surface area contributed by atoms with Gasteiger partial charge in [-0.05, 0) is 30.7 Å². The number of hydrogen-bond donors (Lipinski definition) is 1. The molecule has 1 atom stereocenters. The standard InChI is InChI=1S/C13H23NOS/c1-11(2)6-8-15-9-7-14-12(3)13-5-4-10-16-13/h4-5,10-12,14H,6-9H2,1-3H3/t12-/m1/s1. The molecular weight excluding hydrogens is 218 g/mol. The Morgan fingerprint density at radius 3 is 2.75 bits per heavy atom. The average Bonchev–Trinajstić information content (AvgIpc) is 2.75. The van der Waals surface area contributed by atoms with Crippen LogP contribution in [0.1, 0.15) is 38.1 Å². The highest BCUT2D eigenvalue weighted by atomic mass is 32.1. The summed E-state index contributed by atoms with van der Waals surface area (Å²) < 4.78 is 5.55. The number of rotatable bonds is 8. The molecule has 1 aromatic rings. The van der Waals surface area contributed by atoms with Crippen molar-refractivity contribution >= 4 is 11.3 Å². The lowest BCUT2D eigenvalue weighted by Crippen LogP contribution is -2.23. The summed E-state index contributed by atoms with van der Waals surface area (Å²) in [5, 5.41) is 5.58. The van der Waals surface area contributed by atoms with Crippen molar-refractivity contribution in [1.82, 2.24) is 5.32 Å². The smallest absolute Gasteiger partial charge is 0.0591 e. The molecule has 0 aromatic carbocycles. The third kappa shape index (κ3) is 5.64. The molecule has 0 unspecified atom stereocenters. The minimum Gasteiger partial charge on any atom is -0.380 e. The van der Waals surface area contributed by atoms with Gasteiger partial charge in [-0.25, -0.2) is 0 Å². The highest BCUT2D eigenvalue weighted by Gasteiger charge is 2.04. The minimum absolute atomic E-state index is 0.439. The van der Waals surface area contributed by atoms with Crippen LogP contribution in [0, 0.1) is 5.92 Å². The molecule has 1 rings (SSSR count). The first kappa shape index (κ1) is 13.7. The van der Waals surface area contributed by atoms with Gasteiger partial charge in [0.25, 0.3) is 0 Å². The molecule has 0 amide bonds. The van der Waals surface area contributed by atoms with Crippen molar-refractivity contribution in [2.75, 3.05) is 19.8 Å². The first-order valence-electron chi connectivity index (χ1n) is 6.04. The average molecular weight is 241 g/mol. The van der Waals surface area contributed by atoms with E-state index in [1.165, 1.54) is 4.88 Å². The molecule has 1 aromatic heterocycles. The van der Waals surface area contributed by atoms with Crippen molar-refractivity contribution in [2.24, 2.45) is 5.92 Å². The quantitative estimate of drug-likeness (QED) is 0.704. The zero-order valence-corrected chi connectivity index (χ0v) is 11.3. The van der Waals surface area contributed by atoms with Crippen LogP contribution in [0.3, 0.4) is 0 Å². The van der Waals surface area contributed by atoms with Gasteiger partial charge in [0.1, 0.15) is 0 Å². The maximum Gasteiger partial charge on any atom is 0.0591 e. The Morgan fingerprint density at radius 2 is 2.12 bits per heavy atom. The normalized spacial score (nSPS) is 13.2. The molecule has 16 heavy (non-hydrogen) atoms. The van der Waals surface area contributed by atoms with Crippen molar-refractivity contribution in [3.63, 3.8) is 0 Å². The van der Waals surface area contributed by atoms with Crippen LogP contribution in [0.4, 0.5) is 0 Å². The molecule has 0 saturated heterocycles. The number of ether oxygens (including phenoxy) is 1. The van der Waals surface area contributed by atoms with Gasteiger partial charge in [0.05, 0.1) is 6.61 Å². The van der Waals surface area contributed by atoms with Crippen molar-refractivity contribution < 1.29 is 4.74 Å². The van der Waals surface area contributed by atoms with Crippen LogP contribution in [0.2, 0.25) is 0 Å². The highest BCUT2D eigenvalue weighted by Crippen LogP contribution is 2.17. The molecule has 2 nitrogen and oxygen atoms in total. The molecule has 0 radical (unpaired) electrons. The van der Waals surface area contributed by atoms with Gasteiger partial charge in [0.2, 0.25) is 0 Å². The molecule has 3 heteroatoms. The second-order valence-corrected chi connectivity index (χ2v) is 5.47. The van der Waals surface area contributed by atoms with Gasteiger partial charge in [-0.1, -0.05) is 19.9 Å². The van der Waals surface area contributed by atoms with Crippen LogP contribution in [0.5, 0.6) is 0 Å². The second-order valence-electron chi connectivity index (χ2n) is 4.49. The van der Waals surface area contributed by atoms with E-state index >= 15 is 0 Å². The predicted molar refractivity (Wildman–Crippen MR) is 71.0 cm³/mol. The van der Waals surface area contributed by atoms with Gasteiger partial charge in [0.15, 0.2) is 0 Å². The van der Waals surface area contributed by atoms with Crippen molar-refractivity contribution in [1.29, 1.82) is 0 Å². The predicted octanol–water partition coefficient (Wildman–Crippen LogP) is 3.46. The first-order chi connectivity index (χ1) is 7.70. The third-order valence-electron chi connectivity index (χ3n) is 2.51. The van der Waals surface area contributed by atoms with Crippen LogP contribution in [-0.4, -0.2) is 19.8 Å². The van der Waals surface area contributed by atoms with E-state index in [9.17, 15) is 0 Å². The number of nitrogens with one attached hydrogen (secondary N) is 1. The topological polar surface area (TPSA) is 21.3 Å². The van der Waals surface area contributed by atoms with Gasteiger partial charge in [-0.2, -0.15) is 0 Å². The summed E-state index contributed by atoms with van der Waals surface area (Å²) in [6, 6.07) is 4.70. The van der Waals surface area contributed by atoms with Crippen molar-refractivity contribution in [2.45, 2.75) is 33.2 Å². The molecule has 0 saturated carbocycles. The summed E-state index contributed by atoms with van der Waals surface area (Å²) in [6.07, 6.45) is 1.15. The molecule has 1 heterocycles. The summed E-state index contributed by atoms with van der Waals surface area (Å²) in [7, 11) is 0. The maximum atomic E-state index is 5.55. The Kier molecular flexibility index (Phi) is 6.69. The zero-order valence-electron chi connectivity index (χ0n) is 10.5. The van der Waals surface area contributed by atoms with Crippen LogP contribution in [0.25, 0.3) is 0 Å². The number of hydrogen-bond acceptors (Lipinski definition) is 3. The SMILES string of the molecule is CC(C)CCOCCN[C@H](C)c1cccs1. The molecule has 0 aliphatic rings. The Bertz CT molecular complexity index is 259. The Hall–Kier alpha value is -0.380. The van der Waals surface area contributed by atoms with Gasteiger partial charge >= 0.3 is 0 Å². The Morgan fingerprint density at radius 1 is 1.31 bits per heavy atom. The lowest BCUT2D eigenvalue weighted by atomic mass is 10.1. The largest absolute Gasteiger partial charge is 0.380 e. The van der Waals surface area contributed by atoms with E-state index in [0.29, 0.717) is 6.04 Å². The van der Waals surface area contributed by atoms with E-state index in [4.69, 9.17) is 4.74 Å². The second kappa shape index (κ2) is 7.82. The molecule has 0 fully saturated rings. The molecular formula is C13H23NOS. The summed E-state index contributed by atoms with van der Waals surface area (Å²) in [4.78, 5) is 1.39. The van der Waals surface area contributed by atoms with Crippen LogP contribution in [0.15, 0.2) is 17.5 Å². The van der Waals surface area contributed by atoms with E-state index in [1.807, 2.05) is 0 Å². The summed E-state index contributed by atoms with van der Waals surface area (Å²) in [5.41, 5.74) is 0. The lowest BCUT2D eigenvalue weighted by Gasteiger charge is -2.12. The van der Waals surface area contributed by atoms with E-state index in [2.05, 4.69) is 43.6 Å². The van der Waals surface area contributed by atoms with Crippen LogP contribution < -0.4 is 5.32 Å². The highest BCUT2D eigenvalue weighted by molar-refractivity contribution is 7.10. The fourth-order valence-corrected chi connectivity index (χ4v) is 2.17. The van der Waals surface area contributed by atoms with Gasteiger partial charge < -0.3 is 10.1 Å². The van der Waals surface area contributed by atoms with E-state index < -0.39 is 0 Å². The fraction of sp³-hybridized carbons (Fsp3) is 0.692. The molecule has 0 aliphatic carbocycles. The first-order valence-corrected chi connectivity index (χ1v) is 6.92. The van der Waals surface area contributed by atoms with E-state index in [-0.39, 0.29) is 0 Å². The monoisotopic (exact) mass is 241 g/mol. The van der Waals surface area contributed by atoms with Crippen molar-refractivity contribution in [3.05, 3.63) is 22.4 Å². The van der Waals surface area contributed by atoms with Gasteiger partial charge in [0, 0.05) is 24.1 Å². The van der Waals surface area contributed by atoms with E-state index in [1.54, 1.807) is 11.3 Å². The van der Waals surface area contributed by atoms with Crippen molar-refractivity contribution in [3.8, 4) is 0 Å².